The molecular weight excluding hydrogens is 477 g/mol. The second-order valence-corrected chi connectivity index (χ2v) is 8.79. The van der Waals surface area contributed by atoms with Crippen LogP contribution in [0, 0.1) is 0 Å². The molecule has 1 aliphatic heterocycles. The number of aliphatic imine (C=N–C) groups is 1. The van der Waals surface area contributed by atoms with Gasteiger partial charge in [0.15, 0.2) is 15.8 Å². The van der Waals surface area contributed by atoms with Crippen LogP contribution in [0.15, 0.2) is 35.3 Å². The van der Waals surface area contributed by atoms with E-state index >= 15 is 0 Å². The van der Waals surface area contributed by atoms with Crippen molar-refractivity contribution in [1.82, 2.24) is 10.6 Å². The van der Waals surface area contributed by atoms with Crippen LogP contribution in [0.25, 0.3) is 0 Å². The van der Waals surface area contributed by atoms with E-state index in [4.69, 9.17) is 4.74 Å². The first-order chi connectivity index (χ1) is 12.6. The summed E-state index contributed by atoms with van der Waals surface area (Å²) in [6.07, 6.45) is 3.51. The predicted molar refractivity (Wildman–Crippen MR) is 122 cm³/mol. The van der Waals surface area contributed by atoms with E-state index in [0.29, 0.717) is 18.9 Å². The third-order valence-electron chi connectivity index (χ3n) is 4.26. The molecule has 2 N–H and O–H groups in total. The Bertz CT molecular complexity index is 653. The average molecular weight is 509 g/mol. The van der Waals surface area contributed by atoms with E-state index in [1.54, 1.807) is 0 Å². The molecule has 0 saturated carbocycles. The number of benzene rings is 1. The molecule has 0 aliphatic carbocycles. The van der Waals surface area contributed by atoms with E-state index < -0.39 is 9.84 Å². The Kier molecular flexibility index (Phi) is 11.9. The molecule has 0 bridgehead atoms. The standard InChI is InChI=1S/C19H31N3O3S.HI/c1-2-20-19(22-18-11-15-26(23,24)16-18)21-12-6-7-13-25-14-10-17-8-4-3-5-9-17;/h3-5,8-9,18H,2,6-7,10-16H2,1H3,(H2,20,21,22);1H. The Labute approximate surface area is 180 Å². The van der Waals surface area contributed by atoms with Crippen molar-refractivity contribution in [3.8, 4) is 0 Å². The average Bonchev–Trinajstić information content (AvgIpc) is 2.96. The van der Waals surface area contributed by atoms with E-state index in [1.807, 2.05) is 25.1 Å². The highest BCUT2D eigenvalue weighted by Gasteiger charge is 2.28. The number of halogens is 1. The maximum Gasteiger partial charge on any atom is 0.191 e. The molecular formula is C19H32IN3O3S. The minimum Gasteiger partial charge on any atom is -0.381 e. The van der Waals surface area contributed by atoms with E-state index in [2.05, 4.69) is 27.8 Å². The third kappa shape index (κ3) is 10.3. The summed E-state index contributed by atoms with van der Waals surface area (Å²) in [5, 5.41) is 6.41. The van der Waals surface area contributed by atoms with Gasteiger partial charge in [0.1, 0.15) is 0 Å². The summed E-state index contributed by atoms with van der Waals surface area (Å²) in [5.41, 5.74) is 1.30. The Morgan fingerprint density at radius 3 is 2.67 bits per heavy atom. The van der Waals surface area contributed by atoms with Gasteiger partial charge in [0.05, 0.1) is 18.1 Å². The highest BCUT2D eigenvalue weighted by atomic mass is 127. The van der Waals surface area contributed by atoms with Crippen LogP contribution in [0.1, 0.15) is 31.7 Å². The lowest BCUT2D eigenvalue weighted by Crippen LogP contribution is -2.44. The van der Waals surface area contributed by atoms with Crippen molar-refractivity contribution < 1.29 is 13.2 Å². The molecule has 2 rings (SSSR count). The molecule has 1 saturated heterocycles. The number of unbranched alkanes of at least 4 members (excludes halogenated alkanes) is 1. The zero-order chi connectivity index (χ0) is 18.7. The van der Waals surface area contributed by atoms with Crippen molar-refractivity contribution >= 4 is 39.8 Å². The minimum atomic E-state index is -2.88. The normalized spacial score (nSPS) is 18.7. The fourth-order valence-electron chi connectivity index (χ4n) is 2.87. The van der Waals surface area contributed by atoms with Crippen LogP contribution in [-0.4, -0.2) is 58.2 Å². The molecule has 0 aromatic heterocycles. The molecule has 1 unspecified atom stereocenters. The molecule has 1 aromatic carbocycles. The number of rotatable bonds is 10. The molecule has 0 amide bonds. The lowest BCUT2D eigenvalue weighted by Gasteiger charge is -2.15. The molecule has 6 nitrogen and oxygen atoms in total. The van der Waals surface area contributed by atoms with Crippen LogP contribution in [0.2, 0.25) is 0 Å². The zero-order valence-electron chi connectivity index (χ0n) is 16.0. The van der Waals surface area contributed by atoms with Crippen molar-refractivity contribution in [3.05, 3.63) is 35.9 Å². The van der Waals surface area contributed by atoms with Gasteiger partial charge in [-0.05, 0) is 38.2 Å². The number of hydrogen-bond donors (Lipinski definition) is 2. The summed E-state index contributed by atoms with van der Waals surface area (Å²) >= 11 is 0. The molecule has 1 heterocycles. The minimum absolute atomic E-state index is 0. The molecule has 1 aromatic rings. The Balaban J connectivity index is 0.00000364. The first-order valence-corrected chi connectivity index (χ1v) is 11.3. The van der Waals surface area contributed by atoms with Crippen LogP contribution in [0.5, 0.6) is 0 Å². The number of hydrogen-bond acceptors (Lipinski definition) is 4. The molecule has 8 heteroatoms. The van der Waals surface area contributed by atoms with Crippen LogP contribution in [0.4, 0.5) is 0 Å². The Hall–Kier alpha value is -0.870. The van der Waals surface area contributed by atoms with Gasteiger partial charge in [-0.2, -0.15) is 0 Å². The van der Waals surface area contributed by atoms with Gasteiger partial charge in [-0.25, -0.2) is 8.42 Å². The number of nitrogens with one attached hydrogen (secondary N) is 2. The summed E-state index contributed by atoms with van der Waals surface area (Å²) in [6.45, 7) is 4.95. The summed E-state index contributed by atoms with van der Waals surface area (Å²) in [7, 11) is -2.88. The zero-order valence-corrected chi connectivity index (χ0v) is 19.2. The van der Waals surface area contributed by atoms with Gasteiger partial charge in [-0.15, -0.1) is 24.0 Å². The van der Waals surface area contributed by atoms with Gasteiger partial charge >= 0.3 is 0 Å². The Morgan fingerprint density at radius 1 is 1.22 bits per heavy atom. The number of guanidine groups is 1. The molecule has 1 atom stereocenters. The first kappa shape index (κ1) is 24.2. The number of sulfone groups is 1. The van der Waals surface area contributed by atoms with E-state index in [-0.39, 0.29) is 41.5 Å². The monoisotopic (exact) mass is 509 g/mol. The third-order valence-corrected chi connectivity index (χ3v) is 6.03. The summed E-state index contributed by atoms with van der Waals surface area (Å²) < 4.78 is 28.8. The van der Waals surface area contributed by atoms with E-state index in [0.717, 1.165) is 39.0 Å². The molecule has 154 valence electrons. The maximum atomic E-state index is 11.5. The quantitative estimate of drug-likeness (QED) is 0.219. The SMILES string of the molecule is CCNC(=NCCCCOCCc1ccccc1)NC1CCS(=O)(=O)C1.I. The highest BCUT2D eigenvalue weighted by Crippen LogP contribution is 2.11. The smallest absolute Gasteiger partial charge is 0.191 e. The van der Waals surface area contributed by atoms with Crippen LogP contribution >= 0.6 is 24.0 Å². The molecule has 27 heavy (non-hydrogen) atoms. The summed E-state index contributed by atoms with van der Waals surface area (Å²) in [6, 6.07) is 10.3. The largest absolute Gasteiger partial charge is 0.381 e. The van der Waals surface area contributed by atoms with Crippen molar-refractivity contribution in [2.45, 2.75) is 38.6 Å². The topological polar surface area (TPSA) is 79.8 Å². The lowest BCUT2D eigenvalue weighted by molar-refractivity contribution is 0.134. The highest BCUT2D eigenvalue weighted by molar-refractivity contribution is 14.0. The maximum absolute atomic E-state index is 11.5. The van der Waals surface area contributed by atoms with E-state index in [1.165, 1.54) is 5.56 Å². The predicted octanol–water partition coefficient (Wildman–Crippen LogP) is 2.39. The van der Waals surface area contributed by atoms with Crippen molar-refractivity contribution in [2.24, 2.45) is 4.99 Å². The summed E-state index contributed by atoms with van der Waals surface area (Å²) in [4.78, 5) is 4.53. The van der Waals surface area contributed by atoms with Gasteiger partial charge in [-0.1, -0.05) is 30.3 Å². The van der Waals surface area contributed by atoms with Crippen molar-refractivity contribution in [2.75, 3.05) is 37.8 Å². The van der Waals surface area contributed by atoms with E-state index in [9.17, 15) is 8.42 Å². The lowest BCUT2D eigenvalue weighted by atomic mass is 10.2. The summed E-state index contributed by atoms with van der Waals surface area (Å²) in [5.74, 6) is 1.18. The van der Waals surface area contributed by atoms with Gasteiger partial charge < -0.3 is 15.4 Å². The van der Waals surface area contributed by atoms with Gasteiger partial charge in [0.2, 0.25) is 0 Å². The van der Waals surface area contributed by atoms with Gasteiger partial charge in [0.25, 0.3) is 0 Å². The molecule has 1 aliphatic rings. The molecule has 0 spiro atoms. The van der Waals surface area contributed by atoms with Crippen LogP contribution < -0.4 is 10.6 Å². The fraction of sp³-hybridized carbons (Fsp3) is 0.632. The second kappa shape index (κ2) is 13.3. The first-order valence-electron chi connectivity index (χ1n) is 9.46. The van der Waals surface area contributed by atoms with Gasteiger partial charge in [0, 0.05) is 25.7 Å². The van der Waals surface area contributed by atoms with Crippen molar-refractivity contribution in [3.63, 3.8) is 0 Å². The van der Waals surface area contributed by atoms with Crippen LogP contribution in [0.3, 0.4) is 0 Å². The second-order valence-electron chi connectivity index (χ2n) is 6.56. The number of nitrogens with zero attached hydrogens (tertiary/aromatic N) is 1. The fourth-order valence-corrected chi connectivity index (χ4v) is 4.54. The van der Waals surface area contributed by atoms with Crippen molar-refractivity contribution in [1.29, 1.82) is 0 Å². The van der Waals surface area contributed by atoms with Gasteiger partial charge in [-0.3, -0.25) is 4.99 Å². The molecule has 0 radical (unpaired) electrons. The van der Waals surface area contributed by atoms with Crippen LogP contribution in [-0.2, 0) is 21.0 Å². The molecule has 1 fully saturated rings. The number of ether oxygens (including phenoxy) is 1. The Morgan fingerprint density at radius 2 is 2.00 bits per heavy atom.